The molecule has 2 aromatic rings. The first-order valence-electron chi connectivity index (χ1n) is 6.40. The second-order valence-corrected chi connectivity index (χ2v) is 4.41. The Morgan fingerprint density at radius 1 is 1.09 bits per heavy atom. The van der Waals surface area contributed by atoms with E-state index in [2.05, 4.69) is 10.5 Å². The topological polar surface area (TPSA) is 122 Å². The zero-order valence-electron chi connectivity index (χ0n) is 11.7. The van der Waals surface area contributed by atoms with Crippen molar-refractivity contribution >= 4 is 23.0 Å². The number of amides is 1. The van der Waals surface area contributed by atoms with Crippen molar-refractivity contribution in [2.75, 3.05) is 5.32 Å². The Kier molecular flexibility index (Phi) is 4.78. The molecule has 2 aromatic carbocycles. The number of aliphatic hydroxyl groups excluding tert-OH is 1. The highest BCUT2D eigenvalue weighted by Crippen LogP contribution is 2.21. The maximum atomic E-state index is 12.0. The van der Waals surface area contributed by atoms with Crippen molar-refractivity contribution in [3.8, 4) is 0 Å². The number of rotatable bonds is 5. The summed E-state index contributed by atoms with van der Waals surface area (Å²) in [6.45, 7) is 0. The summed E-state index contributed by atoms with van der Waals surface area (Å²) in [4.78, 5) is 32.9. The van der Waals surface area contributed by atoms with E-state index in [4.69, 9.17) is 0 Å². The minimum atomic E-state index is -0.887. The molecule has 0 radical (unpaired) electrons. The number of carbonyl (C=O) groups is 1. The minimum Gasteiger partial charge on any atom is -0.505 e. The zero-order chi connectivity index (χ0) is 16.8. The van der Waals surface area contributed by atoms with Crippen LogP contribution in [0.5, 0.6) is 0 Å². The SMILES string of the molecule is O=NC(C(=O)Nc1ccccc1)=C(O)c1ccc([N+](=O)[O-])cc1. The van der Waals surface area contributed by atoms with Crippen LogP contribution in [0.25, 0.3) is 5.76 Å². The molecule has 0 saturated heterocycles. The van der Waals surface area contributed by atoms with Gasteiger partial charge < -0.3 is 10.4 Å². The van der Waals surface area contributed by atoms with E-state index < -0.39 is 22.3 Å². The minimum absolute atomic E-state index is 0.0633. The second kappa shape index (κ2) is 6.94. The molecule has 0 bridgehead atoms. The second-order valence-electron chi connectivity index (χ2n) is 4.41. The summed E-state index contributed by atoms with van der Waals surface area (Å²) in [5.74, 6) is -1.55. The van der Waals surface area contributed by atoms with Crippen molar-refractivity contribution in [2.45, 2.75) is 0 Å². The molecule has 0 aliphatic heterocycles. The maximum absolute atomic E-state index is 12.0. The maximum Gasteiger partial charge on any atom is 0.281 e. The number of nitro benzene ring substituents is 1. The van der Waals surface area contributed by atoms with Crippen molar-refractivity contribution in [2.24, 2.45) is 5.18 Å². The number of carbonyl (C=O) groups excluding carboxylic acids is 1. The standard InChI is InChI=1S/C15H11N3O5/c19-14(10-6-8-12(9-7-10)18(22)23)13(17-21)15(20)16-11-4-2-1-3-5-11/h1-9,19H,(H,16,20). The molecule has 0 unspecified atom stereocenters. The third-order valence-corrected chi connectivity index (χ3v) is 2.91. The van der Waals surface area contributed by atoms with E-state index in [1.165, 1.54) is 12.1 Å². The van der Waals surface area contributed by atoms with Gasteiger partial charge in [-0.2, -0.15) is 0 Å². The third kappa shape index (κ3) is 3.76. The Morgan fingerprint density at radius 3 is 2.22 bits per heavy atom. The van der Waals surface area contributed by atoms with Gasteiger partial charge in [-0.05, 0) is 29.4 Å². The molecule has 2 N–H and O–H groups in total. The fourth-order valence-electron chi connectivity index (χ4n) is 1.78. The summed E-state index contributed by atoms with van der Waals surface area (Å²) in [5, 5.41) is 25.6. The molecule has 23 heavy (non-hydrogen) atoms. The summed E-state index contributed by atoms with van der Waals surface area (Å²) >= 11 is 0. The van der Waals surface area contributed by atoms with E-state index in [1.807, 2.05) is 0 Å². The van der Waals surface area contributed by atoms with Crippen LogP contribution in [0.4, 0.5) is 11.4 Å². The van der Waals surface area contributed by atoms with Crippen LogP contribution < -0.4 is 5.32 Å². The van der Waals surface area contributed by atoms with Crippen LogP contribution in [0.1, 0.15) is 5.56 Å². The molecule has 0 aliphatic rings. The molecule has 0 spiro atoms. The molecule has 0 aromatic heterocycles. The normalized spacial score (nSPS) is 11.3. The summed E-state index contributed by atoms with van der Waals surface area (Å²) < 4.78 is 0. The lowest BCUT2D eigenvalue weighted by Gasteiger charge is -2.06. The highest BCUT2D eigenvalue weighted by atomic mass is 16.6. The first-order chi connectivity index (χ1) is 11.0. The van der Waals surface area contributed by atoms with Crippen LogP contribution in [0.2, 0.25) is 0 Å². The number of hydrogen-bond donors (Lipinski definition) is 2. The van der Waals surface area contributed by atoms with Crippen molar-refractivity contribution in [3.63, 3.8) is 0 Å². The Labute approximate surface area is 130 Å². The van der Waals surface area contributed by atoms with Crippen LogP contribution in [0.15, 0.2) is 65.5 Å². The summed E-state index contributed by atoms with van der Waals surface area (Å²) in [6.07, 6.45) is 0. The number of nitroso groups, excluding NO2 is 1. The molecule has 1 amide bonds. The van der Waals surface area contributed by atoms with Crippen molar-refractivity contribution < 1.29 is 14.8 Å². The number of hydrogen-bond acceptors (Lipinski definition) is 6. The quantitative estimate of drug-likeness (QED) is 0.288. The van der Waals surface area contributed by atoms with Gasteiger partial charge in [-0.1, -0.05) is 18.2 Å². The summed E-state index contributed by atoms with van der Waals surface area (Å²) in [5.41, 5.74) is -0.415. The molecule has 0 atom stereocenters. The van der Waals surface area contributed by atoms with E-state index in [-0.39, 0.29) is 11.3 Å². The van der Waals surface area contributed by atoms with Gasteiger partial charge in [0.1, 0.15) is 0 Å². The van der Waals surface area contributed by atoms with Gasteiger partial charge in [0.25, 0.3) is 11.6 Å². The van der Waals surface area contributed by atoms with Gasteiger partial charge in [-0.15, -0.1) is 4.91 Å². The van der Waals surface area contributed by atoms with E-state index in [0.29, 0.717) is 5.69 Å². The molecule has 0 fully saturated rings. The Hall–Kier alpha value is -3.55. The van der Waals surface area contributed by atoms with Crippen molar-refractivity contribution in [1.29, 1.82) is 0 Å². The van der Waals surface area contributed by atoms with E-state index >= 15 is 0 Å². The number of nitro groups is 1. The average Bonchev–Trinajstić information content (AvgIpc) is 2.56. The number of benzene rings is 2. The zero-order valence-corrected chi connectivity index (χ0v) is 11.7. The Morgan fingerprint density at radius 2 is 1.70 bits per heavy atom. The molecule has 8 heteroatoms. The smallest absolute Gasteiger partial charge is 0.281 e. The fourth-order valence-corrected chi connectivity index (χ4v) is 1.78. The lowest BCUT2D eigenvalue weighted by atomic mass is 10.1. The van der Waals surface area contributed by atoms with Crippen molar-refractivity contribution in [3.05, 3.63) is 80.9 Å². The largest absolute Gasteiger partial charge is 0.505 e. The number of anilines is 1. The predicted octanol–water partition coefficient (Wildman–Crippen LogP) is 3.23. The van der Waals surface area contributed by atoms with Gasteiger partial charge in [0.2, 0.25) is 5.70 Å². The van der Waals surface area contributed by atoms with Crippen LogP contribution in [-0.4, -0.2) is 15.9 Å². The molecule has 0 heterocycles. The molecule has 2 rings (SSSR count). The van der Waals surface area contributed by atoms with Gasteiger partial charge in [0.15, 0.2) is 5.76 Å². The lowest BCUT2D eigenvalue weighted by molar-refractivity contribution is -0.384. The first kappa shape index (κ1) is 15.8. The number of para-hydroxylation sites is 1. The Balaban J connectivity index is 2.29. The predicted molar refractivity (Wildman–Crippen MR) is 83.5 cm³/mol. The molecular formula is C15H11N3O5. The van der Waals surface area contributed by atoms with Gasteiger partial charge in [0.05, 0.1) is 4.92 Å². The van der Waals surface area contributed by atoms with E-state index in [1.54, 1.807) is 30.3 Å². The molecule has 0 saturated carbocycles. The average molecular weight is 313 g/mol. The lowest BCUT2D eigenvalue weighted by Crippen LogP contribution is -2.14. The number of nitrogens with zero attached hydrogens (tertiary/aromatic N) is 2. The highest BCUT2D eigenvalue weighted by Gasteiger charge is 2.18. The van der Waals surface area contributed by atoms with Crippen molar-refractivity contribution in [1.82, 2.24) is 0 Å². The monoisotopic (exact) mass is 313 g/mol. The first-order valence-corrected chi connectivity index (χ1v) is 6.40. The van der Waals surface area contributed by atoms with Gasteiger partial charge in [-0.3, -0.25) is 14.9 Å². The summed E-state index contributed by atoms with van der Waals surface area (Å²) in [7, 11) is 0. The van der Waals surface area contributed by atoms with Gasteiger partial charge >= 0.3 is 0 Å². The van der Waals surface area contributed by atoms with Crippen LogP contribution in [0.3, 0.4) is 0 Å². The molecule has 116 valence electrons. The van der Waals surface area contributed by atoms with Gasteiger partial charge in [0, 0.05) is 23.4 Å². The van der Waals surface area contributed by atoms with Crippen LogP contribution in [0, 0.1) is 15.0 Å². The van der Waals surface area contributed by atoms with Crippen LogP contribution in [-0.2, 0) is 4.79 Å². The summed E-state index contributed by atoms with van der Waals surface area (Å²) in [6, 6.07) is 13.0. The Bertz CT molecular complexity index is 769. The number of nitrogens with one attached hydrogen (secondary N) is 1. The third-order valence-electron chi connectivity index (χ3n) is 2.91. The molecule has 8 nitrogen and oxygen atoms in total. The van der Waals surface area contributed by atoms with E-state index in [9.17, 15) is 24.9 Å². The molecule has 0 aliphatic carbocycles. The fraction of sp³-hybridized carbons (Fsp3) is 0. The van der Waals surface area contributed by atoms with E-state index in [0.717, 1.165) is 12.1 Å². The molecular weight excluding hydrogens is 302 g/mol. The highest BCUT2D eigenvalue weighted by molar-refractivity contribution is 6.07. The number of non-ortho nitro benzene ring substituents is 1. The van der Waals surface area contributed by atoms with Gasteiger partial charge in [-0.25, -0.2) is 0 Å². The van der Waals surface area contributed by atoms with Crippen LogP contribution >= 0.6 is 0 Å². The number of aliphatic hydroxyl groups is 1.